The van der Waals surface area contributed by atoms with Crippen LogP contribution < -0.4 is 5.32 Å². The largest absolute Gasteiger partial charge is 0.508 e. The minimum absolute atomic E-state index is 0.0934. The van der Waals surface area contributed by atoms with E-state index in [-0.39, 0.29) is 11.5 Å². The standard InChI is InChI=1S/C10H10F3NO2S/c11-10(12,13)6-14-9(16)5-17-8-3-1-7(15)2-4-8/h1-4,15H,5-6H2,(H,14,16). The van der Waals surface area contributed by atoms with Crippen molar-refractivity contribution >= 4 is 17.7 Å². The third-order valence-corrected chi connectivity index (χ3v) is 2.70. The van der Waals surface area contributed by atoms with E-state index >= 15 is 0 Å². The van der Waals surface area contributed by atoms with Crippen LogP contribution in [0.2, 0.25) is 0 Å². The zero-order valence-corrected chi connectivity index (χ0v) is 9.44. The van der Waals surface area contributed by atoms with Gasteiger partial charge in [-0.1, -0.05) is 0 Å². The van der Waals surface area contributed by atoms with E-state index in [0.29, 0.717) is 4.90 Å². The Morgan fingerprint density at radius 1 is 1.29 bits per heavy atom. The lowest BCUT2D eigenvalue weighted by molar-refractivity contribution is -0.136. The summed E-state index contributed by atoms with van der Waals surface area (Å²) in [5, 5.41) is 10.8. The fourth-order valence-corrected chi connectivity index (χ4v) is 1.67. The second-order valence-corrected chi connectivity index (χ2v) is 4.22. The van der Waals surface area contributed by atoms with Gasteiger partial charge in [0.15, 0.2) is 0 Å². The quantitative estimate of drug-likeness (QED) is 0.820. The lowest BCUT2D eigenvalue weighted by Gasteiger charge is -2.07. The van der Waals surface area contributed by atoms with Gasteiger partial charge in [0.1, 0.15) is 12.3 Å². The number of phenols is 1. The van der Waals surface area contributed by atoms with Crippen molar-refractivity contribution in [1.29, 1.82) is 0 Å². The van der Waals surface area contributed by atoms with Crippen molar-refractivity contribution in [2.24, 2.45) is 0 Å². The molecule has 0 aliphatic rings. The van der Waals surface area contributed by atoms with Crippen LogP contribution in [0.4, 0.5) is 13.2 Å². The molecule has 0 saturated heterocycles. The van der Waals surface area contributed by atoms with Gasteiger partial charge in [-0.3, -0.25) is 4.79 Å². The number of hydrogen-bond acceptors (Lipinski definition) is 3. The lowest BCUT2D eigenvalue weighted by atomic mass is 10.3. The van der Waals surface area contributed by atoms with Gasteiger partial charge in [-0.05, 0) is 24.3 Å². The fraction of sp³-hybridized carbons (Fsp3) is 0.300. The van der Waals surface area contributed by atoms with Crippen LogP contribution in [0.15, 0.2) is 29.2 Å². The molecule has 0 radical (unpaired) electrons. The first-order chi connectivity index (χ1) is 7.87. The number of hydrogen-bond donors (Lipinski definition) is 2. The van der Waals surface area contributed by atoms with Crippen molar-refractivity contribution < 1.29 is 23.1 Å². The van der Waals surface area contributed by atoms with Gasteiger partial charge in [0.25, 0.3) is 0 Å². The Kier molecular flexibility index (Phi) is 4.68. The average molecular weight is 265 g/mol. The summed E-state index contributed by atoms with van der Waals surface area (Å²) in [6.07, 6.45) is -4.39. The van der Waals surface area contributed by atoms with Crippen molar-refractivity contribution in [3.63, 3.8) is 0 Å². The van der Waals surface area contributed by atoms with E-state index < -0.39 is 18.6 Å². The fourth-order valence-electron chi connectivity index (χ4n) is 0.941. The van der Waals surface area contributed by atoms with E-state index in [9.17, 15) is 18.0 Å². The lowest BCUT2D eigenvalue weighted by Crippen LogP contribution is -2.34. The highest BCUT2D eigenvalue weighted by molar-refractivity contribution is 8.00. The van der Waals surface area contributed by atoms with Gasteiger partial charge < -0.3 is 10.4 Å². The van der Waals surface area contributed by atoms with Crippen LogP contribution in [-0.2, 0) is 4.79 Å². The van der Waals surface area contributed by atoms with E-state index in [2.05, 4.69) is 0 Å². The second-order valence-electron chi connectivity index (χ2n) is 3.17. The molecule has 94 valence electrons. The molecule has 0 spiro atoms. The Hall–Kier alpha value is -1.37. The number of phenolic OH excluding ortho intramolecular Hbond substituents is 1. The zero-order chi connectivity index (χ0) is 12.9. The van der Waals surface area contributed by atoms with Gasteiger partial charge in [-0.15, -0.1) is 11.8 Å². The smallest absolute Gasteiger partial charge is 0.405 e. The maximum atomic E-state index is 11.8. The van der Waals surface area contributed by atoms with Crippen molar-refractivity contribution in [1.82, 2.24) is 5.32 Å². The van der Waals surface area contributed by atoms with Crippen molar-refractivity contribution in [3.05, 3.63) is 24.3 Å². The number of nitrogens with one attached hydrogen (secondary N) is 1. The number of thioether (sulfide) groups is 1. The number of rotatable bonds is 4. The molecule has 7 heteroatoms. The van der Waals surface area contributed by atoms with Crippen molar-refractivity contribution in [2.45, 2.75) is 11.1 Å². The molecule has 1 amide bonds. The van der Waals surface area contributed by atoms with Crippen LogP contribution >= 0.6 is 11.8 Å². The number of carbonyl (C=O) groups excluding carboxylic acids is 1. The molecule has 1 aromatic rings. The first-order valence-electron chi connectivity index (χ1n) is 4.62. The van der Waals surface area contributed by atoms with Crippen LogP contribution in [0.3, 0.4) is 0 Å². The summed E-state index contributed by atoms with van der Waals surface area (Å²) in [5.74, 6) is -0.683. The van der Waals surface area contributed by atoms with E-state index in [1.807, 2.05) is 0 Å². The van der Waals surface area contributed by atoms with Crippen LogP contribution in [0.25, 0.3) is 0 Å². The number of carbonyl (C=O) groups is 1. The van der Waals surface area contributed by atoms with Gasteiger partial charge >= 0.3 is 6.18 Å². The maximum absolute atomic E-state index is 11.8. The summed E-state index contributed by atoms with van der Waals surface area (Å²) in [5.41, 5.74) is 0. The molecule has 0 fully saturated rings. The Bertz CT molecular complexity index is 378. The van der Waals surface area contributed by atoms with Crippen molar-refractivity contribution in [2.75, 3.05) is 12.3 Å². The Morgan fingerprint density at radius 3 is 2.41 bits per heavy atom. The van der Waals surface area contributed by atoms with Gasteiger partial charge in [0, 0.05) is 4.90 Å². The molecule has 2 N–H and O–H groups in total. The Morgan fingerprint density at radius 2 is 1.88 bits per heavy atom. The van der Waals surface area contributed by atoms with E-state index in [4.69, 9.17) is 5.11 Å². The van der Waals surface area contributed by atoms with Gasteiger partial charge in [-0.25, -0.2) is 0 Å². The van der Waals surface area contributed by atoms with E-state index in [1.165, 1.54) is 12.1 Å². The van der Waals surface area contributed by atoms with Crippen molar-refractivity contribution in [3.8, 4) is 5.75 Å². The summed E-state index contributed by atoms with van der Waals surface area (Å²) in [6.45, 7) is -1.32. The molecular formula is C10H10F3NO2S. The average Bonchev–Trinajstić information content (AvgIpc) is 2.25. The molecule has 1 aromatic carbocycles. The molecule has 0 heterocycles. The Labute approximate surface area is 100 Å². The zero-order valence-electron chi connectivity index (χ0n) is 8.62. The summed E-state index contributed by atoms with van der Waals surface area (Å²) < 4.78 is 35.3. The molecule has 0 aliphatic carbocycles. The summed E-state index contributed by atoms with van der Waals surface area (Å²) in [7, 11) is 0. The third kappa shape index (κ3) is 6.06. The molecule has 3 nitrogen and oxygen atoms in total. The Balaban J connectivity index is 2.31. The number of alkyl halides is 3. The van der Waals surface area contributed by atoms with Gasteiger partial charge in [0.05, 0.1) is 5.75 Å². The molecule has 0 bridgehead atoms. The van der Waals surface area contributed by atoms with Gasteiger partial charge in [-0.2, -0.15) is 13.2 Å². The second kappa shape index (κ2) is 5.81. The first-order valence-corrected chi connectivity index (χ1v) is 5.61. The number of halogens is 3. The summed E-state index contributed by atoms with van der Waals surface area (Å²) >= 11 is 1.10. The summed E-state index contributed by atoms with van der Waals surface area (Å²) in [4.78, 5) is 11.7. The number of amides is 1. The molecule has 0 saturated carbocycles. The minimum atomic E-state index is -4.39. The van der Waals surface area contributed by atoms with E-state index in [0.717, 1.165) is 11.8 Å². The topological polar surface area (TPSA) is 49.3 Å². The predicted octanol–water partition coefficient (Wildman–Crippen LogP) is 2.16. The SMILES string of the molecule is O=C(CSc1ccc(O)cc1)NCC(F)(F)F. The van der Waals surface area contributed by atoms with Crippen LogP contribution in [-0.4, -0.2) is 29.5 Å². The van der Waals surface area contributed by atoms with Gasteiger partial charge in [0.2, 0.25) is 5.91 Å². The molecule has 0 aliphatic heterocycles. The minimum Gasteiger partial charge on any atom is -0.508 e. The molecule has 0 unspecified atom stereocenters. The first kappa shape index (κ1) is 13.7. The molecule has 17 heavy (non-hydrogen) atoms. The monoisotopic (exact) mass is 265 g/mol. The normalized spacial score (nSPS) is 11.2. The van der Waals surface area contributed by atoms with Crippen LogP contribution in [0.5, 0.6) is 5.75 Å². The number of aromatic hydroxyl groups is 1. The highest BCUT2D eigenvalue weighted by atomic mass is 32.2. The molecule has 0 aromatic heterocycles. The summed E-state index contributed by atoms with van der Waals surface area (Å²) in [6, 6.07) is 6.04. The molecular weight excluding hydrogens is 255 g/mol. The van der Waals surface area contributed by atoms with Crippen LogP contribution in [0.1, 0.15) is 0 Å². The van der Waals surface area contributed by atoms with E-state index in [1.54, 1.807) is 17.4 Å². The molecule has 0 atom stereocenters. The number of benzene rings is 1. The highest BCUT2D eigenvalue weighted by Crippen LogP contribution is 2.20. The maximum Gasteiger partial charge on any atom is 0.405 e. The van der Waals surface area contributed by atoms with Crippen LogP contribution in [0, 0.1) is 0 Å². The highest BCUT2D eigenvalue weighted by Gasteiger charge is 2.27. The predicted molar refractivity (Wildman–Crippen MR) is 57.9 cm³/mol. The third-order valence-electron chi connectivity index (χ3n) is 1.69. The molecule has 1 rings (SSSR count).